The van der Waals surface area contributed by atoms with Crippen LogP contribution in [0, 0.1) is 0 Å². The summed E-state index contributed by atoms with van der Waals surface area (Å²) in [5.74, 6) is 0.301. The number of likely N-dealkylation sites (tertiary alicyclic amines) is 1. The Bertz CT molecular complexity index is 748. The van der Waals surface area contributed by atoms with Crippen LogP contribution in [0.25, 0.3) is 0 Å². The van der Waals surface area contributed by atoms with Crippen LogP contribution in [0.4, 0.5) is 11.6 Å². The zero-order valence-corrected chi connectivity index (χ0v) is 15.5. The molecule has 0 saturated carbocycles. The summed E-state index contributed by atoms with van der Waals surface area (Å²) in [5.41, 5.74) is 1.07. The average molecular weight is 379 g/mol. The van der Waals surface area contributed by atoms with Crippen LogP contribution in [0.2, 0.25) is 10.0 Å². The van der Waals surface area contributed by atoms with Crippen molar-refractivity contribution in [2.75, 3.05) is 11.9 Å². The second-order valence-corrected chi connectivity index (χ2v) is 6.98. The normalized spacial score (nSPS) is 17.4. The second-order valence-electron chi connectivity index (χ2n) is 6.11. The lowest BCUT2D eigenvalue weighted by molar-refractivity contribution is 0.0602. The monoisotopic (exact) mass is 378 g/mol. The van der Waals surface area contributed by atoms with E-state index in [1.54, 1.807) is 30.5 Å². The van der Waals surface area contributed by atoms with Crippen LogP contribution in [-0.4, -0.2) is 33.4 Å². The lowest BCUT2D eigenvalue weighted by Gasteiger charge is -2.35. The Hall–Kier alpha value is -1.85. The highest BCUT2D eigenvalue weighted by atomic mass is 35.5. The van der Waals surface area contributed by atoms with Gasteiger partial charge < -0.3 is 10.2 Å². The van der Waals surface area contributed by atoms with Crippen LogP contribution in [0.15, 0.2) is 30.5 Å². The van der Waals surface area contributed by atoms with Crippen LogP contribution in [0.5, 0.6) is 0 Å². The first-order chi connectivity index (χ1) is 12.1. The topological polar surface area (TPSA) is 58.1 Å². The van der Waals surface area contributed by atoms with Crippen LogP contribution in [0.3, 0.4) is 0 Å². The van der Waals surface area contributed by atoms with Crippen molar-refractivity contribution in [3.8, 4) is 0 Å². The number of hydrogen-bond acceptors (Lipinski definition) is 4. The molecular formula is C18H20Cl2N4O. The molecule has 2 heterocycles. The largest absolute Gasteiger partial charge is 0.334 e. The van der Waals surface area contributed by atoms with E-state index in [0.717, 1.165) is 25.8 Å². The molecular weight excluding hydrogens is 359 g/mol. The first-order valence-corrected chi connectivity index (χ1v) is 9.19. The number of aromatic nitrogens is 2. The molecule has 0 aliphatic carbocycles. The van der Waals surface area contributed by atoms with Crippen molar-refractivity contribution in [2.24, 2.45) is 0 Å². The number of amides is 1. The highest BCUT2D eigenvalue weighted by molar-refractivity contribution is 6.35. The molecule has 2 aromatic rings. The summed E-state index contributed by atoms with van der Waals surface area (Å²) < 4.78 is 0. The fourth-order valence-corrected chi connectivity index (χ4v) is 3.66. The maximum absolute atomic E-state index is 12.8. The first kappa shape index (κ1) is 18.0. The first-order valence-electron chi connectivity index (χ1n) is 8.44. The third-order valence-electron chi connectivity index (χ3n) is 4.35. The van der Waals surface area contributed by atoms with Crippen molar-refractivity contribution < 1.29 is 4.79 Å². The van der Waals surface area contributed by atoms with E-state index < -0.39 is 0 Å². The minimum atomic E-state index is -0.0406. The molecule has 7 heteroatoms. The predicted octanol–water partition coefficient (Wildman–Crippen LogP) is 4.93. The van der Waals surface area contributed by atoms with E-state index in [-0.39, 0.29) is 5.91 Å². The van der Waals surface area contributed by atoms with E-state index in [9.17, 15) is 4.79 Å². The molecule has 25 heavy (non-hydrogen) atoms. The minimum Gasteiger partial charge on any atom is -0.334 e. The molecule has 0 radical (unpaired) electrons. The van der Waals surface area contributed by atoms with E-state index in [4.69, 9.17) is 23.2 Å². The van der Waals surface area contributed by atoms with Crippen molar-refractivity contribution >= 4 is 40.7 Å². The zero-order chi connectivity index (χ0) is 17.8. The summed E-state index contributed by atoms with van der Waals surface area (Å²) in [4.78, 5) is 23.3. The molecule has 1 aromatic heterocycles. The minimum absolute atomic E-state index is 0.0406. The maximum Gasteiger partial charge on any atom is 0.272 e. The van der Waals surface area contributed by atoms with Crippen LogP contribution in [0.1, 0.15) is 43.1 Å². The van der Waals surface area contributed by atoms with Crippen LogP contribution < -0.4 is 5.32 Å². The Morgan fingerprint density at radius 1 is 1.28 bits per heavy atom. The summed E-state index contributed by atoms with van der Waals surface area (Å²) in [6, 6.07) is 7.04. The van der Waals surface area contributed by atoms with Crippen LogP contribution >= 0.6 is 23.2 Å². The Morgan fingerprint density at radius 2 is 2.04 bits per heavy atom. The number of piperidine rings is 1. The Labute approximate surface area is 157 Å². The van der Waals surface area contributed by atoms with E-state index in [2.05, 4.69) is 22.2 Å². The van der Waals surface area contributed by atoms with Gasteiger partial charge in [-0.2, -0.15) is 0 Å². The number of nitrogens with zero attached hydrogens (tertiary/aromatic N) is 3. The van der Waals surface area contributed by atoms with Crippen LogP contribution in [-0.2, 0) is 0 Å². The Balaban J connectivity index is 1.79. The number of nitrogens with one attached hydrogen (secondary N) is 1. The van der Waals surface area contributed by atoms with Gasteiger partial charge in [-0.3, -0.25) is 4.79 Å². The molecule has 1 aliphatic rings. The standard InChI is InChI=1S/C18H20Cl2N4O/c1-2-15-5-3-4-8-24(15)17(25)16-6-7-21-18(23-16)22-14-10-12(19)9-13(20)11-14/h6-7,9-11,15H,2-5,8H2,1H3,(H,21,22,23). The number of carbonyl (C=O) groups is 1. The van der Waals surface area contributed by atoms with Gasteiger partial charge >= 0.3 is 0 Å². The van der Waals surface area contributed by atoms with Gasteiger partial charge in [0.25, 0.3) is 5.91 Å². The maximum atomic E-state index is 12.8. The van der Waals surface area contributed by atoms with Gasteiger partial charge in [-0.25, -0.2) is 9.97 Å². The SMILES string of the molecule is CCC1CCCCN1C(=O)c1ccnc(Nc2cc(Cl)cc(Cl)c2)n1. The number of benzene rings is 1. The molecule has 1 N–H and O–H groups in total. The van der Waals surface area contributed by atoms with Gasteiger partial charge in [0, 0.05) is 34.5 Å². The predicted molar refractivity (Wildman–Crippen MR) is 101 cm³/mol. The average Bonchev–Trinajstić information content (AvgIpc) is 2.60. The lowest BCUT2D eigenvalue weighted by Crippen LogP contribution is -2.43. The lowest BCUT2D eigenvalue weighted by atomic mass is 9.99. The molecule has 1 unspecified atom stereocenters. The molecule has 1 amide bonds. The summed E-state index contributed by atoms with van der Waals surface area (Å²) in [7, 11) is 0. The molecule has 1 atom stereocenters. The molecule has 1 fully saturated rings. The van der Waals surface area contributed by atoms with E-state index in [0.29, 0.717) is 33.4 Å². The summed E-state index contributed by atoms with van der Waals surface area (Å²) in [5, 5.41) is 4.08. The van der Waals surface area contributed by atoms with Crippen molar-refractivity contribution in [3.63, 3.8) is 0 Å². The van der Waals surface area contributed by atoms with Crippen molar-refractivity contribution in [1.29, 1.82) is 0 Å². The van der Waals surface area contributed by atoms with Crippen molar-refractivity contribution in [3.05, 3.63) is 46.2 Å². The van der Waals surface area contributed by atoms with Gasteiger partial charge in [-0.05, 0) is 49.9 Å². The fourth-order valence-electron chi connectivity index (χ4n) is 3.13. The molecule has 1 aliphatic heterocycles. The molecule has 0 bridgehead atoms. The zero-order valence-electron chi connectivity index (χ0n) is 14.0. The van der Waals surface area contributed by atoms with E-state index in [1.165, 1.54) is 6.42 Å². The number of halogens is 2. The summed E-state index contributed by atoms with van der Waals surface area (Å²) in [6.07, 6.45) is 5.82. The number of carbonyl (C=O) groups excluding carboxylic acids is 1. The Kier molecular flexibility index (Phi) is 5.76. The van der Waals surface area contributed by atoms with Gasteiger partial charge in [-0.15, -0.1) is 0 Å². The highest BCUT2D eigenvalue weighted by Crippen LogP contribution is 2.25. The van der Waals surface area contributed by atoms with Gasteiger partial charge in [0.1, 0.15) is 5.69 Å². The van der Waals surface area contributed by atoms with Gasteiger partial charge in [-0.1, -0.05) is 30.1 Å². The number of anilines is 2. The Morgan fingerprint density at radius 3 is 2.76 bits per heavy atom. The van der Waals surface area contributed by atoms with Gasteiger partial charge in [0.2, 0.25) is 5.95 Å². The summed E-state index contributed by atoms with van der Waals surface area (Å²) in [6.45, 7) is 2.90. The van der Waals surface area contributed by atoms with Gasteiger partial charge in [0.15, 0.2) is 0 Å². The molecule has 1 aromatic carbocycles. The van der Waals surface area contributed by atoms with Crippen molar-refractivity contribution in [2.45, 2.75) is 38.6 Å². The van der Waals surface area contributed by atoms with Gasteiger partial charge in [0.05, 0.1) is 0 Å². The molecule has 5 nitrogen and oxygen atoms in total. The second kappa shape index (κ2) is 8.02. The fraction of sp³-hybridized carbons (Fsp3) is 0.389. The molecule has 1 saturated heterocycles. The molecule has 0 spiro atoms. The van der Waals surface area contributed by atoms with E-state index in [1.807, 2.05) is 4.90 Å². The smallest absolute Gasteiger partial charge is 0.272 e. The molecule has 3 rings (SSSR count). The molecule has 132 valence electrons. The van der Waals surface area contributed by atoms with Crippen molar-refractivity contribution in [1.82, 2.24) is 14.9 Å². The highest BCUT2D eigenvalue weighted by Gasteiger charge is 2.27. The third-order valence-corrected chi connectivity index (χ3v) is 4.79. The quantitative estimate of drug-likeness (QED) is 0.818. The summed E-state index contributed by atoms with van der Waals surface area (Å²) >= 11 is 12.0. The number of rotatable bonds is 4. The number of hydrogen-bond donors (Lipinski definition) is 1. The van der Waals surface area contributed by atoms with E-state index >= 15 is 0 Å². The third kappa shape index (κ3) is 4.41.